The SMILES string of the molecule is CCOc1ccc(/C=C2/SC(=O)N([C@H](C)C(=O)OC)C2=O)cc1OCC. The summed E-state index contributed by atoms with van der Waals surface area (Å²) in [5.74, 6) is 0.00201. The van der Waals surface area contributed by atoms with Gasteiger partial charge in [0.2, 0.25) is 0 Å². The van der Waals surface area contributed by atoms with Gasteiger partial charge in [0.05, 0.1) is 25.2 Å². The van der Waals surface area contributed by atoms with Gasteiger partial charge in [0, 0.05) is 0 Å². The van der Waals surface area contributed by atoms with Gasteiger partial charge in [0.15, 0.2) is 11.5 Å². The molecule has 0 aromatic heterocycles. The van der Waals surface area contributed by atoms with Gasteiger partial charge in [-0.05, 0) is 56.3 Å². The van der Waals surface area contributed by atoms with Crippen LogP contribution in [0, 0.1) is 0 Å². The van der Waals surface area contributed by atoms with Crippen LogP contribution in [0.25, 0.3) is 6.08 Å². The highest BCUT2D eigenvalue weighted by atomic mass is 32.2. The Morgan fingerprint density at radius 3 is 2.46 bits per heavy atom. The van der Waals surface area contributed by atoms with Crippen molar-refractivity contribution in [2.24, 2.45) is 0 Å². The van der Waals surface area contributed by atoms with E-state index in [1.54, 1.807) is 24.3 Å². The van der Waals surface area contributed by atoms with Gasteiger partial charge in [0.1, 0.15) is 6.04 Å². The van der Waals surface area contributed by atoms with Gasteiger partial charge >= 0.3 is 5.97 Å². The monoisotopic (exact) mass is 379 g/mol. The van der Waals surface area contributed by atoms with Gasteiger partial charge in [-0.3, -0.25) is 14.5 Å². The fourth-order valence-corrected chi connectivity index (χ4v) is 3.31. The van der Waals surface area contributed by atoms with E-state index in [1.807, 2.05) is 13.8 Å². The Labute approximate surface area is 156 Å². The van der Waals surface area contributed by atoms with Gasteiger partial charge < -0.3 is 14.2 Å². The molecule has 1 heterocycles. The third kappa shape index (κ3) is 4.19. The van der Waals surface area contributed by atoms with Gasteiger partial charge in [-0.1, -0.05) is 6.07 Å². The largest absolute Gasteiger partial charge is 0.490 e. The first kappa shape index (κ1) is 19.8. The summed E-state index contributed by atoms with van der Waals surface area (Å²) in [4.78, 5) is 37.4. The lowest BCUT2D eigenvalue weighted by Gasteiger charge is -2.18. The molecule has 0 spiro atoms. The minimum atomic E-state index is -0.974. The summed E-state index contributed by atoms with van der Waals surface area (Å²) in [6.45, 7) is 6.17. The van der Waals surface area contributed by atoms with Crippen LogP contribution in [0.15, 0.2) is 23.1 Å². The van der Waals surface area contributed by atoms with Crippen molar-refractivity contribution in [2.45, 2.75) is 26.8 Å². The first-order chi connectivity index (χ1) is 12.4. The number of esters is 1. The second kappa shape index (κ2) is 8.75. The normalized spacial score (nSPS) is 16.8. The Balaban J connectivity index is 2.29. The molecule has 7 nitrogen and oxygen atoms in total. The molecule has 1 aromatic rings. The number of hydrogen-bond donors (Lipinski definition) is 0. The van der Waals surface area contributed by atoms with Crippen molar-refractivity contribution in [3.05, 3.63) is 28.7 Å². The average Bonchev–Trinajstić information content (AvgIpc) is 2.89. The fourth-order valence-electron chi connectivity index (χ4n) is 2.40. The van der Waals surface area contributed by atoms with Crippen LogP contribution in [-0.2, 0) is 14.3 Å². The van der Waals surface area contributed by atoms with E-state index in [4.69, 9.17) is 9.47 Å². The summed E-state index contributed by atoms with van der Waals surface area (Å²) in [7, 11) is 1.21. The van der Waals surface area contributed by atoms with Crippen molar-refractivity contribution in [1.82, 2.24) is 4.90 Å². The van der Waals surface area contributed by atoms with Gasteiger partial charge in [-0.25, -0.2) is 4.79 Å². The zero-order chi connectivity index (χ0) is 19.3. The van der Waals surface area contributed by atoms with E-state index in [9.17, 15) is 14.4 Å². The van der Waals surface area contributed by atoms with Crippen LogP contribution < -0.4 is 9.47 Å². The van der Waals surface area contributed by atoms with Gasteiger partial charge in [-0.15, -0.1) is 0 Å². The Kier molecular flexibility index (Phi) is 6.68. The molecular weight excluding hydrogens is 358 g/mol. The molecule has 8 heteroatoms. The van der Waals surface area contributed by atoms with Crippen LogP contribution >= 0.6 is 11.8 Å². The highest BCUT2D eigenvalue weighted by Gasteiger charge is 2.41. The molecule has 2 amide bonds. The van der Waals surface area contributed by atoms with Crippen LogP contribution in [0.4, 0.5) is 4.79 Å². The molecule has 0 saturated carbocycles. The van der Waals surface area contributed by atoms with Crippen LogP contribution in [0.2, 0.25) is 0 Å². The third-order valence-electron chi connectivity index (χ3n) is 3.62. The first-order valence-electron chi connectivity index (χ1n) is 8.17. The van der Waals surface area contributed by atoms with Crippen molar-refractivity contribution in [3.63, 3.8) is 0 Å². The molecule has 0 unspecified atom stereocenters. The minimum Gasteiger partial charge on any atom is -0.490 e. The number of ether oxygens (including phenoxy) is 3. The number of carbonyl (C=O) groups excluding carboxylic acids is 3. The van der Waals surface area contributed by atoms with Crippen molar-refractivity contribution >= 4 is 35.0 Å². The predicted molar refractivity (Wildman–Crippen MR) is 98.1 cm³/mol. The molecule has 1 aliphatic heterocycles. The van der Waals surface area contributed by atoms with Crippen molar-refractivity contribution in [1.29, 1.82) is 0 Å². The quantitative estimate of drug-likeness (QED) is 0.532. The number of benzene rings is 1. The second-order valence-corrected chi connectivity index (χ2v) is 6.32. The molecule has 26 heavy (non-hydrogen) atoms. The summed E-state index contributed by atoms with van der Waals surface area (Å²) in [6, 6.07) is 4.29. The first-order valence-corrected chi connectivity index (χ1v) is 8.99. The van der Waals surface area contributed by atoms with Crippen molar-refractivity contribution < 1.29 is 28.6 Å². The molecule has 0 bridgehead atoms. The Hall–Kier alpha value is -2.48. The molecule has 0 aliphatic carbocycles. The van der Waals surface area contributed by atoms with Crippen LogP contribution in [-0.4, -0.2) is 48.4 Å². The Morgan fingerprint density at radius 1 is 1.19 bits per heavy atom. The topological polar surface area (TPSA) is 82.1 Å². The lowest BCUT2D eigenvalue weighted by molar-refractivity contribution is -0.148. The molecule has 2 rings (SSSR count). The fraction of sp³-hybridized carbons (Fsp3) is 0.389. The maximum absolute atomic E-state index is 12.5. The number of methoxy groups -OCH3 is 1. The highest BCUT2D eigenvalue weighted by molar-refractivity contribution is 8.18. The number of amides is 2. The molecule has 0 radical (unpaired) electrons. The van der Waals surface area contributed by atoms with E-state index in [-0.39, 0.29) is 4.91 Å². The number of hydrogen-bond acceptors (Lipinski definition) is 7. The molecule has 1 saturated heterocycles. The van der Waals surface area contributed by atoms with E-state index in [1.165, 1.54) is 14.0 Å². The molecule has 1 atom stereocenters. The van der Waals surface area contributed by atoms with E-state index < -0.39 is 23.2 Å². The maximum atomic E-state index is 12.5. The number of carbonyl (C=O) groups is 3. The van der Waals surface area contributed by atoms with E-state index >= 15 is 0 Å². The molecular formula is C18H21NO6S. The number of nitrogens with zero attached hydrogens (tertiary/aromatic N) is 1. The van der Waals surface area contributed by atoms with Crippen molar-refractivity contribution in [2.75, 3.05) is 20.3 Å². The van der Waals surface area contributed by atoms with Gasteiger partial charge in [-0.2, -0.15) is 0 Å². The third-order valence-corrected chi connectivity index (χ3v) is 4.50. The van der Waals surface area contributed by atoms with Crippen LogP contribution in [0.1, 0.15) is 26.3 Å². The smallest absolute Gasteiger partial charge is 0.328 e. The lowest BCUT2D eigenvalue weighted by Crippen LogP contribution is -2.42. The number of imide groups is 1. The molecule has 140 valence electrons. The van der Waals surface area contributed by atoms with Gasteiger partial charge in [0.25, 0.3) is 11.1 Å². The van der Waals surface area contributed by atoms with E-state index in [2.05, 4.69) is 4.74 Å². The van der Waals surface area contributed by atoms with Crippen molar-refractivity contribution in [3.8, 4) is 11.5 Å². The molecule has 1 aromatic carbocycles. The number of rotatable bonds is 7. The van der Waals surface area contributed by atoms with Crippen LogP contribution in [0.5, 0.6) is 11.5 Å². The zero-order valence-corrected chi connectivity index (χ0v) is 15.9. The molecule has 1 aliphatic rings. The predicted octanol–water partition coefficient (Wildman–Crippen LogP) is 3.08. The van der Waals surface area contributed by atoms with Crippen LogP contribution in [0.3, 0.4) is 0 Å². The number of thioether (sulfide) groups is 1. The summed E-state index contributed by atoms with van der Waals surface area (Å²) < 4.78 is 15.7. The lowest BCUT2D eigenvalue weighted by atomic mass is 10.1. The van der Waals surface area contributed by atoms with E-state index in [0.29, 0.717) is 30.3 Å². The average molecular weight is 379 g/mol. The standard InChI is InChI=1S/C18H21NO6S/c1-5-24-13-8-7-12(9-14(13)25-6-2)10-15-16(20)19(18(22)26-15)11(3)17(21)23-4/h7-11H,5-6H2,1-4H3/b15-10+/t11-/m1/s1. The molecule has 1 fully saturated rings. The minimum absolute atomic E-state index is 0.234. The summed E-state index contributed by atoms with van der Waals surface area (Å²) in [5, 5.41) is -0.505. The highest BCUT2D eigenvalue weighted by Crippen LogP contribution is 2.35. The summed E-state index contributed by atoms with van der Waals surface area (Å²) in [6.07, 6.45) is 1.59. The zero-order valence-electron chi connectivity index (χ0n) is 15.1. The summed E-state index contributed by atoms with van der Waals surface area (Å²) >= 11 is 0.785. The van der Waals surface area contributed by atoms with E-state index in [0.717, 1.165) is 16.7 Å². The Morgan fingerprint density at radius 2 is 1.85 bits per heavy atom. The molecule has 0 N–H and O–H groups in total. The second-order valence-electron chi connectivity index (χ2n) is 5.32. The maximum Gasteiger partial charge on any atom is 0.328 e. The Bertz CT molecular complexity index is 745. The summed E-state index contributed by atoms with van der Waals surface area (Å²) in [5.41, 5.74) is 0.688.